The monoisotopic (exact) mass is 703 g/mol. The predicted molar refractivity (Wildman–Crippen MR) is 232 cm³/mol. The third-order valence-electron chi connectivity index (χ3n) is 11.9. The first kappa shape index (κ1) is 31.6. The van der Waals surface area contributed by atoms with E-state index >= 15 is 0 Å². The lowest BCUT2D eigenvalue weighted by molar-refractivity contribution is 0.480. The number of anilines is 3. The second kappa shape index (κ2) is 12.3. The minimum atomic E-state index is -0.0613. The van der Waals surface area contributed by atoms with Gasteiger partial charge in [0.05, 0.1) is 11.4 Å². The molecule has 11 rings (SSSR count). The van der Waals surface area contributed by atoms with E-state index in [2.05, 4.69) is 200 Å². The van der Waals surface area contributed by atoms with E-state index in [1.54, 1.807) is 0 Å². The van der Waals surface area contributed by atoms with E-state index in [1.807, 2.05) is 12.1 Å². The first-order valence-corrected chi connectivity index (χ1v) is 19.1. The van der Waals surface area contributed by atoms with Gasteiger partial charge in [0.2, 0.25) is 0 Å². The SMILES string of the molecule is CC12C=CC=CC1c1cccc(N(c3ccc(-c4cccc5c4oc4ccccc45)cc3)c3ccccc3-c3cccc4c3ccc3ccccc34)c1C=C2. The molecule has 260 valence electrons. The molecule has 0 radical (unpaired) electrons. The number of hydrogen-bond donors (Lipinski definition) is 0. The van der Waals surface area contributed by atoms with Crippen molar-refractivity contribution < 1.29 is 4.42 Å². The van der Waals surface area contributed by atoms with Crippen LogP contribution in [0.15, 0.2) is 199 Å². The molecule has 2 aliphatic rings. The van der Waals surface area contributed by atoms with Crippen molar-refractivity contribution in [2.75, 3.05) is 4.90 Å². The molecule has 0 N–H and O–H groups in total. The van der Waals surface area contributed by atoms with E-state index in [1.165, 1.54) is 43.8 Å². The van der Waals surface area contributed by atoms with Crippen LogP contribution >= 0.6 is 0 Å². The second-order valence-electron chi connectivity index (χ2n) is 15.1. The van der Waals surface area contributed by atoms with Gasteiger partial charge in [0.1, 0.15) is 11.2 Å². The van der Waals surface area contributed by atoms with Crippen molar-refractivity contribution in [3.05, 3.63) is 205 Å². The quantitative estimate of drug-likeness (QED) is 0.166. The van der Waals surface area contributed by atoms with Gasteiger partial charge in [-0.25, -0.2) is 0 Å². The summed E-state index contributed by atoms with van der Waals surface area (Å²) in [5.74, 6) is 0.257. The highest BCUT2D eigenvalue weighted by Gasteiger charge is 2.35. The summed E-state index contributed by atoms with van der Waals surface area (Å²) < 4.78 is 6.47. The Morgan fingerprint density at radius 2 is 1.22 bits per heavy atom. The van der Waals surface area contributed by atoms with Gasteiger partial charge in [-0.2, -0.15) is 0 Å². The summed E-state index contributed by atoms with van der Waals surface area (Å²) in [4.78, 5) is 2.47. The zero-order chi connectivity index (χ0) is 36.5. The lowest BCUT2D eigenvalue weighted by Crippen LogP contribution is -2.25. The molecule has 0 saturated carbocycles. The molecular formula is C53H37NO. The number of allylic oxidation sites excluding steroid dienone is 5. The summed E-state index contributed by atoms with van der Waals surface area (Å²) >= 11 is 0. The molecule has 2 aliphatic carbocycles. The molecule has 0 fully saturated rings. The Morgan fingerprint density at radius 1 is 0.509 bits per heavy atom. The molecule has 0 spiro atoms. The molecule has 0 saturated heterocycles. The largest absolute Gasteiger partial charge is 0.455 e. The molecule has 0 bridgehead atoms. The van der Waals surface area contributed by atoms with Gasteiger partial charge in [-0.15, -0.1) is 0 Å². The average molecular weight is 704 g/mol. The predicted octanol–water partition coefficient (Wildman–Crippen LogP) is 14.9. The zero-order valence-electron chi connectivity index (χ0n) is 30.5. The fourth-order valence-electron chi connectivity index (χ4n) is 9.17. The highest BCUT2D eigenvalue weighted by Crippen LogP contribution is 2.52. The molecule has 1 aromatic heterocycles. The number of nitrogens with zero attached hydrogens (tertiary/aromatic N) is 1. The molecule has 9 aromatic rings. The van der Waals surface area contributed by atoms with Crippen LogP contribution in [0, 0.1) is 5.41 Å². The summed E-state index contributed by atoms with van der Waals surface area (Å²) in [5.41, 5.74) is 12.3. The maximum absolute atomic E-state index is 6.47. The van der Waals surface area contributed by atoms with Crippen LogP contribution in [0.4, 0.5) is 17.1 Å². The number of para-hydroxylation sites is 3. The summed E-state index contributed by atoms with van der Waals surface area (Å²) in [6.45, 7) is 2.34. The van der Waals surface area contributed by atoms with Gasteiger partial charge in [0.25, 0.3) is 0 Å². The molecule has 2 atom stereocenters. The summed E-state index contributed by atoms with van der Waals surface area (Å²) in [7, 11) is 0. The molecule has 8 aromatic carbocycles. The van der Waals surface area contributed by atoms with Crippen LogP contribution < -0.4 is 4.90 Å². The van der Waals surface area contributed by atoms with E-state index in [4.69, 9.17) is 4.42 Å². The Labute approximate surface area is 320 Å². The Morgan fingerprint density at radius 3 is 2.13 bits per heavy atom. The van der Waals surface area contributed by atoms with Gasteiger partial charge in [-0.1, -0.05) is 177 Å². The van der Waals surface area contributed by atoms with Crippen LogP contribution in [0.2, 0.25) is 0 Å². The van der Waals surface area contributed by atoms with E-state index in [-0.39, 0.29) is 11.3 Å². The summed E-state index contributed by atoms with van der Waals surface area (Å²) in [6, 6.07) is 59.4. The lowest BCUT2D eigenvalue weighted by Gasteiger charge is -2.39. The van der Waals surface area contributed by atoms with E-state index in [0.29, 0.717) is 0 Å². The first-order chi connectivity index (χ1) is 27.1. The molecule has 2 unspecified atom stereocenters. The van der Waals surface area contributed by atoms with E-state index < -0.39 is 0 Å². The Kier molecular flexibility index (Phi) is 7.09. The van der Waals surface area contributed by atoms with E-state index in [9.17, 15) is 0 Å². The number of furan rings is 1. The summed E-state index contributed by atoms with van der Waals surface area (Å²) in [5, 5.41) is 7.30. The van der Waals surface area contributed by atoms with Gasteiger partial charge in [0, 0.05) is 44.5 Å². The third-order valence-corrected chi connectivity index (χ3v) is 11.9. The van der Waals surface area contributed by atoms with Crippen molar-refractivity contribution in [3.63, 3.8) is 0 Å². The third kappa shape index (κ3) is 4.95. The van der Waals surface area contributed by atoms with Crippen LogP contribution in [0.1, 0.15) is 24.0 Å². The van der Waals surface area contributed by atoms with Crippen LogP contribution in [0.5, 0.6) is 0 Å². The van der Waals surface area contributed by atoms with Gasteiger partial charge in [-0.3, -0.25) is 0 Å². The van der Waals surface area contributed by atoms with E-state index in [0.717, 1.165) is 50.1 Å². The van der Waals surface area contributed by atoms with Crippen molar-refractivity contribution in [3.8, 4) is 22.3 Å². The maximum atomic E-state index is 6.47. The van der Waals surface area contributed by atoms with Gasteiger partial charge in [-0.05, 0) is 68.6 Å². The molecule has 0 amide bonds. The van der Waals surface area contributed by atoms with Gasteiger partial charge < -0.3 is 9.32 Å². The smallest absolute Gasteiger partial charge is 0.143 e. The topological polar surface area (TPSA) is 16.4 Å². The number of rotatable bonds is 5. The number of hydrogen-bond acceptors (Lipinski definition) is 2. The molecule has 0 aliphatic heterocycles. The highest BCUT2D eigenvalue weighted by atomic mass is 16.3. The van der Waals surface area contributed by atoms with Crippen molar-refractivity contribution in [2.24, 2.45) is 5.41 Å². The van der Waals surface area contributed by atoms with Crippen LogP contribution in [0.25, 0.3) is 71.8 Å². The minimum absolute atomic E-state index is 0.0613. The normalized spacial score (nSPS) is 17.2. The Hall–Kier alpha value is -6.90. The van der Waals surface area contributed by atoms with Crippen LogP contribution in [0.3, 0.4) is 0 Å². The van der Waals surface area contributed by atoms with Gasteiger partial charge in [0.15, 0.2) is 0 Å². The second-order valence-corrected chi connectivity index (χ2v) is 15.1. The fraction of sp³-hybridized carbons (Fsp3) is 0.0566. The number of benzene rings is 8. The van der Waals surface area contributed by atoms with Crippen molar-refractivity contribution in [1.29, 1.82) is 0 Å². The van der Waals surface area contributed by atoms with Gasteiger partial charge >= 0.3 is 0 Å². The van der Waals surface area contributed by atoms with Crippen molar-refractivity contribution in [1.82, 2.24) is 0 Å². The maximum Gasteiger partial charge on any atom is 0.143 e. The van der Waals surface area contributed by atoms with Crippen LogP contribution in [-0.2, 0) is 0 Å². The standard InChI is InChI=1S/C53H37NO/c1-53-33-9-8-22-48(53)43-20-12-24-50(45(43)32-34-53)54(37-29-26-36(27-30-37)39-17-10-21-47-46-16-5-7-25-51(46)55-52(39)47)49-23-6-4-15-44(49)41-19-11-18-40-38-14-3-2-13-35(38)28-31-42(40)41/h2-34,48H,1H3. The fourth-order valence-corrected chi connectivity index (χ4v) is 9.17. The summed E-state index contributed by atoms with van der Waals surface area (Å²) in [6.07, 6.45) is 13.8. The van der Waals surface area contributed by atoms with Crippen molar-refractivity contribution in [2.45, 2.75) is 12.8 Å². The minimum Gasteiger partial charge on any atom is -0.455 e. The lowest BCUT2D eigenvalue weighted by atomic mass is 9.67. The average Bonchev–Trinajstić information content (AvgIpc) is 3.63. The Balaban J connectivity index is 1.12. The molecule has 2 nitrogen and oxygen atoms in total. The molecule has 55 heavy (non-hydrogen) atoms. The first-order valence-electron chi connectivity index (χ1n) is 19.1. The molecule has 1 heterocycles. The Bertz CT molecular complexity index is 3070. The van der Waals surface area contributed by atoms with Crippen molar-refractivity contribution >= 4 is 66.6 Å². The molecular weight excluding hydrogens is 667 g/mol. The zero-order valence-corrected chi connectivity index (χ0v) is 30.5. The molecule has 2 heteroatoms. The van der Waals surface area contributed by atoms with Crippen LogP contribution in [-0.4, -0.2) is 0 Å². The number of fused-ring (bicyclic) bond motifs is 9. The highest BCUT2D eigenvalue weighted by molar-refractivity contribution is 6.13.